The highest BCUT2D eigenvalue weighted by Gasteiger charge is 2.25. The van der Waals surface area contributed by atoms with Crippen LogP contribution in [0.15, 0.2) is 20.7 Å². The lowest BCUT2D eigenvalue weighted by molar-refractivity contribution is 0.453. The fourth-order valence-corrected chi connectivity index (χ4v) is 3.24. The quantitative estimate of drug-likeness (QED) is 0.676. The van der Waals surface area contributed by atoms with Crippen molar-refractivity contribution in [1.82, 2.24) is 13.9 Å². The molecule has 1 rings (SSSR count). The van der Waals surface area contributed by atoms with Gasteiger partial charge in [-0.2, -0.15) is 0 Å². The van der Waals surface area contributed by atoms with Crippen LogP contribution in [0.4, 0.5) is 0 Å². The molecule has 9 heteroatoms. The van der Waals surface area contributed by atoms with Gasteiger partial charge < -0.3 is 10.3 Å². The number of nitrogens with one attached hydrogen (secondary N) is 1. The zero-order valence-electron chi connectivity index (χ0n) is 12.0. The van der Waals surface area contributed by atoms with Gasteiger partial charge in [0.2, 0.25) is 10.0 Å². The summed E-state index contributed by atoms with van der Waals surface area (Å²) < 4.78 is 28.7. The number of rotatable bonds is 5. The Morgan fingerprint density at radius 3 is 2.30 bits per heavy atom. The second kappa shape index (κ2) is 5.90. The monoisotopic (exact) mass is 304 g/mol. The molecule has 20 heavy (non-hydrogen) atoms. The molecule has 0 saturated carbocycles. The van der Waals surface area contributed by atoms with E-state index >= 15 is 0 Å². The van der Waals surface area contributed by atoms with Crippen molar-refractivity contribution < 1.29 is 8.42 Å². The van der Waals surface area contributed by atoms with Gasteiger partial charge in [0.25, 0.3) is 5.56 Å². The molecule has 3 N–H and O–H groups in total. The minimum atomic E-state index is -4.03. The van der Waals surface area contributed by atoms with E-state index in [0.29, 0.717) is 0 Å². The van der Waals surface area contributed by atoms with Crippen molar-refractivity contribution >= 4 is 10.0 Å². The first-order valence-corrected chi connectivity index (χ1v) is 7.59. The lowest BCUT2D eigenvalue weighted by atomic mass is 10.1. The first-order valence-electron chi connectivity index (χ1n) is 6.11. The summed E-state index contributed by atoms with van der Waals surface area (Å²) in [7, 11) is -1.42. The molecule has 0 amide bonds. The molecular weight excluding hydrogens is 284 g/mol. The smallest absolute Gasteiger partial charge is 0.329 e. The summed E-state index contributed by atoms with van der Waals surface area (Å²) in [4.78, 5) is 23.0. The number of sulfonamides is 1. The Hall–Kier alpha value is -1.45. The average molecular weight is 304 g/mol. The number of nitrogens with two attached hydrogens (primary N) is 1. The van der Waals surface area contributed by atoms with E-state index in [4.69, 9.17) is 5.73 Å². The van der Waals surface area contributed by atoms with Gasteiger partial charge in [-0.3, -0.25) is 9.36 Å². The van der Waals surface area contributed by atoms with Crippen molar-refractivity contribution in [1.29, 1.82) is 0 Å². The Balaban J connectivity index is 3.38. The third-order valence-electron chi connectivity index (χ3n) is 3.07. The van der Waals surface area contributed by atoms with Gasteiger partial charge >= 0.3 is 5.69 Å². The molecule has 0 radical (unpaired) electrons. The molecule has 1 heterocycles. The van der Waals surface area contributed by atoms with Gasteiger partial charge in [0, 0.05) is 32.9 Å². The zero-order chi connectivity index (χ0) is 15.7. The maximum atomic E-state index is 12.2. The summed E-state index contributed by atoms with van der Waals surface area (Å²) in [5.74, 6) is -0.0221. The van der Waals surface area contributed by atoms with Gasteiger partial charge in [-0.1, -0.05) is 13.8 Å². The lowest BCUT2D eigenvalue weighted by Crippen LogP contribution is -2.47. The Morgan fingerprint density at radius 1 is 1.30 bits per heavy atom. The van der Waals surface area contributed by atoms with E-state index in [1.165, 1.54) is 14.1 Å². The summed E-state index contributed by atoms with van der Waals surface area (Å²) in [6, 6.07) is -0.484. The summed E-state index contributed by atoms with van der Waals surface area (Å²) >= 11 is 0. The average Bonchev–Trinajstić information content (AvgIpc) is 2.37. The topological polar surface area (TPSA) is 116 Å². The highest BCUT2D eigenvalue weighted by atomic mass is 32.2. The predicted octanol–water partition coefficient (Wildman–Crippen LogP) is -1.65. The molecule has 0 aliphatic rings. The third kappa shape index (κ3) is 3.17. The minimum absolute atomic E-state index is 0.0221. The van der Waals surface area contributed by atoms with Crippen LogP contribution in [0.25, 0.3) is 0 Å². The predicted molar refractivity (Wildman–Crippen MR) is 74.9 cm³/mol. The Bertz CT molecular complexity index is 702. The largest absolute Gasteiger partial charge is 0.330 e. The Morgan fingerprint density at radius 2 is 1.85 bits per heavy atom. The number of aromatic nitrogens is 2. The zero-order valence-corrected chi connectivity index (χ0v) is 12.8. The molecule has 1 aromatic heterocycles. The molecule has 0 aliphatic heterocycles. The lowest BCUT2D eigenvalue weighted by Gasteiger charge is -2.20. The second-order valence-corrected chi connectivity index (χ2v) is 6.64. The van der Waals surface area contributed by atoms with Gasteiger partial charge in [0.05, 0.1) is 0 Å². The number of nitrogens with zero attached hydrogens (tertiary/aromatic N) is 2. The van der Waals surface area contributed by atoms with Crippen molar-refractivity contribution in [3.8, 4) is 0 Å². The van der Waals surface area contributed by atoms with E-state index < -0.39 is 32.2 Å². The summed E-state index contributed by atoms with van der Waals surface area (Å²) in [6.45, 7) is 3.75. The maximum Gasteiger partial charge on any atom is 0.330 e. The number of aryl methyl sites for hydroxylation is 1. The Labute approximate surface area is 117 Å². The molecule has 1 unspecified atom stereocenters. The van der Waals surface area contributed by atoms with E-state index in [-0.39, 0.29) is 12.5 Å². The maximum absolute atomic E-state index is 12.2. The molecule has 1 atom stereocenters. The van der Waals surface area contributed by atoms with E-state index in [1.807, 2.05) is 13.8 Å². The molecule has 0 aromatic carbocycles. The highest BCUT2D eigenvalue weighted by Crippen LogP contribution is 2.06. The standard InChI is InChI=1S/C11H20N4O4S/c1-7(2)8(5-12)13-20(18,19)9-6-14(3)11(17)15(4)10(9)16/h6-8,13H,5,12H2,1-4H3. The van der Waals surface area contributed by atoms with Crippen LogP contribution in [-0.2, 0) is 24.1 Å². The van der Waals surface area contributed by atoms with Crippen LogP contribution in [0.5, 0.6) is 0 Å². The van der Waals surface area contributed by atoms with Gasteiger partial charge in [0.15, 0.2) is 4.90 Å². The Kier molecular flexibility index (Phi) is 4.90. The fraction of sp³-hybridized carbons (Fsp3) is 0.636. The number of hydrogen-bond donors (Lipinski definition) is 2. The molecule has 0 spiro atoms. The second-order valence-electron chi connectivity index (χ2n) is 4.96. The van der Waals surface area contributed by atoms with Crippen molar-refractivity contribution in [2.24, 2.45) is 25.7 Å². The molecule has 0 aliphatic carbocycles. The van der Waals surface area contributed by atoms with Gasteiger partial charge in [-0.15, -0.1) is 0 Å². The van der Waals surface area contributed by atoms with Crippen molar-refractivity contribution in [3.05, 3.63) is 27.0 Å². The van der Waals surface area contributed by atoms with Crippen molar-refractivity contribution in [3.63, 3.8) is 0 Å². The minimum Gasteiger partial charge on any atom is -0.329 e. The third-order valence-corrected chi connectivity index (χ3v) is 4.54. The first kappa shape index (κ1) is 16.6. The molecular formula is C11H20N4O4S. The van der Waals surface area contributed by atoms with Gasteiger partial charge in [-0.25, -0.2) is 17.9 Å². The normalized spacial score (nSPS) is 13.7. The fourth-order valence-electron chi connectivity index (χ4n) is 1.68. The molecule has 0 bridgehead atoms. The molecule has 0 saturated heterocycles. The number of hydrogen-bond acceptors (Lipinski definition) is 5. The molecule has 1 aromatic rings. The van der Waals surface area contributed by atoms with Crippen LogP contribution in [0.1, 0.15) is 13.8 Å². The van der Waals surface area contributed by atoms with Crippen LogP contribution < -0.4 is 21.7 Å². The van der Waals surface area contributed by atoms with E-state index in [1.54, 1.807) is 0 Å². The summed E-state index contributed by atoms with van der Waals surface area (Å²) in [6.07, 6.45) is 1.01. The van der Waals surface area contributed by atoms with Gasteiger partial charge in [0.1, 0.15) is 0 Å². The van der Waals surface area contributed by atoms with Crippen LogP contribution >= 0.6 is 0 Å². The van der Waals surface area contributed by atoms with Gasteiger partial charge in [-0.05, 0) is 5.92 Å². The highest BCUT2D eigenvalue weighted by molar-refractivity contribution is 7.89. The van der Waals surface area contributed by atoms with E-state index in [9.17, 15) is 18.0 Å². The molecule has 8 nitrogen and oxygen atoms in total. The summed E-state index contributed by atoms with van der Waals surface area (Å²) in [5.41, 5.74) is 4.06. The molecule has 0 fully saturated rings. The SMILES string of the molecule is CC(C)C(CN)NS(=O)(=O)c1cn(C)c(=O)n(C)c1=O. The van der Waals surface area contributed by atoms with Crippen LogP contribution in [-0.4, -0.2) is 30.1 Å². The van der Waals surface area contributed by atoms with E-state index in [0.717, 1.165) is 15.3 Å². The first-order chi connectivity index (χ1) is 9.11. The van der Waals surface area contributed by atoms with Crippen molar-refractivity contribution in [2.75, 3.05) is 6.54 Å². The van der Waals surface area contributed by atoms with Crippen LogP contribution in [0, 0.1) is 5.92 Å². The van der Waals surface area contributed by atoms with Crippen LogP contribution in [0.3, 0.4) is 0 Å². The van der Waals surface area contributed by atoms with E-state index in [2.05, 4.69) is 4.72 Å². The van der Waals surface area contributed by atoms with Crippen LogP contribution in [0.2, 0.25) is 0 Å². The summed E-state index contributed by atoms with van der Waals surface area (Å²) in [5, 5.41) is 0. The van der Waals surface area contributed by atoms with Crippen molar-refractivity contribution in [2.45, 2.75) is 24.8 Å². The molecule has 114 valence electrons.